The van der Waals surface area contributed by atoms with Crippen LogP contribution in [0.1, 0.15) is 32.5 Å². The van der Waals surface area contributed by atoms with Crippen LogP contribution >= 0.6 is 0 Å². The van der Waals surface area contributed by atoms with Gasteiger partial charge in [-0.2, -0.15) is 0 Å². The molecule has 3 nitrogen and oxygen atoms in total. The fraction of sp³-hybridized carbons (Fsp3) is 0.533. The van der Waals surface area contributed by atoms with Gasteiger partial charge in [0, 0.05) is 26.2 Å². The average molecular weight is 246 g/mol. The fourth-order valence-corrected chi connectivity index (χ4v) is 2.26. The van der Waals surface area contributed by atoms with E-state index in [9.17, 15) is 0 Å². The molecule has 0 spiro atoms. The Hall–Kier alpha value is -1.35. The third kappa shape index (κ3) is 2.91. The van der Waals surface area contributed by atoms with E-state index in [0.29, 0.717) is 0 Å². The van der Waals surface area contributed by atoms with Crippen LogP contribution < -0.4 is 0 Å². The number of nitrogens with zero attached hydrogens (tertiary/aromatic N) is 2. The van der Waals surface area contributed by atoms with E-state index in [2.05, 4.69) is 35.8 Å². The molecule has 1 heterocycles. The van der Waals surface area contributed by atoms with Crippen molar-refractivity contribution in [3.8, 4) is 0 Å². The lowest BCUT2D eigenvalue weighted by molar-refractivity contribution is 0.141. The van der Waals surface area contributed by atoms with E-state index in [0.717, 1.165) is 44.5 Å². The van der Waals surface area contributed by atoms with Gasteiger partial charge in [-0.15, -0.1) is 0 Å². The lowest BCUT2D eigenvalue weighted by Crippen LogP contribution is -2.06. The van der Waals surface area contributed by atoms with Gasteiger partial charge in [0.25, 0.3) is 0 Å². The SMILES string of the molecule is CCCc1nc2ccccc2n1CCCOCC. The number of hydrogen-bond acceptors (Lipinski definition) is 2. The van der Waals surface area contributed by atoms with Crippen LogP contribution in [0.5, 0.6) is 0 Å². The Morgan fingerprint density at radius 3 is 2.83 bits per heavy atom. The van der Waals surface area contributed by atoms with Crippen molar-refractivity contribution in [2.75, 3.05) is 13.2 Å². The normalized spacial score (nSPS) is 11.2. The summed E-state index contributed by atoms with van der Waals surface area (Å²) >= 11 is 0. The molecule has 0 aliphatic carbocycles. The zero-order chi connectivity index (χ0) is 12.8. The molecule has 1 aromatic heterocycles. The highest BCUT2D eigenvalue weighted by molar-refractivity contribution is 5.75. The van der Waals surface area contributed by atoms with Gasteiger partial charge < -0.3 is 9.30 Å². The van der Waals surface area contributed by atoms with Crippen molar-refractivity contribution in [2.24, 2.45) is 0 Å². The van der Waals surface area contributed by atoms with E-state index in [1.54, 1.807) is 0 Å². The van der Waals surface area contributed by atoms with Gasteiger partial charge in [-0.05, 0) is 31.9 Å². The third-order valence-corrected chi connectivity index (χ3v) is 3.08. The Bertz CT molecular complexity index is 490. The Balaban J connectivity index is 2.19. The minimum absolute atomic E-state index is 0.798. The van der Waals surface area contributed by atoms with Crippen LogP contribution in [-0.2, 0) is 17.7 Å². The molecule has 18 heavy (non-hydrogen) atoms. The standard InChI is InChI=1S/C15H22N2O/c1-3-8-15-16-13-9-5-6-10-14(13)17(15)11-7-12-18-4-2/h5-6,9-10H,3-4,7-8,11-12H2,1-2H3. The number of ether oxygens (including phenoxy) is 1. The molecule has 3 heteroatoms. The topological polar surface area (TPSA) is 27.1 Å². The Kier molecular flexibility index (Phi) is 4.76. The predicted molar refractivity (Wildman–Crippen MR) is 74.8 cm³/mol. The van der Waals surface area contributed by atoms with Crippen LogP contribution in [0.15, 0.2) is 24.3 Å². The van der Waals surface area contributed by atoms with Crippen molar-refractivity contribution in [1.82, 2.24) is 9.55 Å². The van der Waals surface area contributed by atoms with E-state index in [4.69, 9.17) is 9.72 Å². The summed E-state index contributed by atoms with van der Waals surface area (Å²) in [6, 6.07) is 8.38. The molecular weight excluding hydrogens is 224 g/mol. The quantitative estimate of drug-likeness (QED) is 0.700. The van der Waals surface area contributed by atoms with E-state index in [1.165, 1.54) is 11.3 Å². The lowest BCUT2D eigenvalue weighted by atomic mass is 10.3. The monoisotopic (exact) mass is 246 g/mol. The first-order chi connectivity index (χ1) is 8.86. The Morgan fingerprint density at radius 1 is 1.22 bits per heavy atom. The minimum Gasteiger partial charge on any atom is -0.382 e. The van der Waals surface area contributed by atoms with Crippen molar-refractivity contribution in [1.29, 1.82) is 0 Å². The van der Waals surface area contributed by atoms with Gasteiger partial charge >= 0.3 is 0 Å². The molecule has 1 aromatic carbocycles. The highest BCUT2D eigenvalue weighted by Crippen LogP contribution is 2.17. The molecule has 0 aliphatic rings. The van der Waals surface area contributed by atoms with Gasteiger partial charge in [0.1, 0.15) is 5.82 Å². The number of aromatic nitrogens is 2. The highest BCUT2D eigenvalue weighted by atomic mass is 16.5. The van der Waals surface area contributed by atoms with Crippen molar-refractivity contribution >= 4 is 11.0 Å². The maximum atomic E-state index is 5.41. The van der Waals surface area contributed by atoms with Crippen LogP contribution in [0.2, 0.25) is 0 Å². The van der Waals surface area contributed by atoms with E-state index in [1.807, 2.05) is 6.92 Å². The van der Waals surface area contributed by atoms with Gasteiger partial charge in [-0.25, -0.2) is 4.98 Å². The van der Waals surface area contributed by atoms with E-state index in [-0.39, 0.29) is 0 Å². The maximum Gasteiger partial charge on any atom is 0.109 e. The number of aryl methyl sites for hydroxylation is 2. The van der Waals surface area contributed by atoms with Crippen molar-refractivity contribution in [3.05, 3.63) is 30.1 Å². The van der Waals surface area contributed by atoms with E-state index < -0.39 is 0 Å². The van der Waals surface area contributed by atoms with Gasteiger partial charge in [-0.3, -0.25) is 0 Å². The second kappa shape index (κ2) is 6.55. The molecule has 0 saturated carbocycles. The molecule has 2 rings (SSSR count). The molecule has 0 fully saturated rings. The summed E-state index contributed by atoms with van der Waals surface area (Å²) in [7, 11) is 0. The predicted octanol–water partition coefficient (Wildman–Crippen LogP) is 3.42. The Morgan fingerprint density at radius 2 is 2.06 bits per heavy atom. The maximum absolute atomic E-state index is 5.41. The first-order valence-corrected chi connectivity index (χ1v) is 6.88. The summed E-state index contributed by atoms with van der Waals surface area (Å²) < 4.78 is 7.76. The largest absolute Gasteiger partial charge is 0.382 e. The molecule has 0 radical (unpaired) electrons. The van der Waals surface area contributed by atoms with Crippen molar-refractivity contribution in [3.63, 3.8) is 0 Å². The summed E-state index contributed by atoms with van der Waals surface area (Å²) in [6.07, 6.45) is 3.23. The second-order valence-electron chi connectivity index (χ2n) is 4.47. The van der Waals surface area contributed by atoms with Gasteiger partial charge in [-0.1, -0.05) is 19.1 Å². The van der Waals surface area contributed by atoms with E-state index >= 15 is 0 Å². The molecule has 0 amide bonds. The zero-order valence-electron chi connectivity index (χ0n) is 11.4. The molecule has 0 saturated heterocycles. The number of hydrogen-bond donors (Lipinski definition) is 0. The molecule has 98 valence electrons. The number of imidazole rings is 1. The fourth-order valence-electron chi connectivity index (χ4n) is 2.26. The smallest absolute Gasteiger partial charge is 0.109 e. The minimum atomic E-state index is 0.798. The number of fused-ring (bicyclic) bond motifs is 1. The number of para-hydroxylation sites is 2. The molecule has 0 bridgehead atoms. The first kappa shape index (κ1) is 13.1. The average Bonchev–Trinajstić information content (AvgIpc) is 2.73. The molecule has 0 atom stereocenters. The first-order valence-electron chi connectivity index (χ1n) is 6.88. The van der Waals surface area contributed by atoms with Gasteiger partial charge in [0.05, 0.1) is 11.0 Å². The van der Waals surface area contributed by atoms with Crippen LogP contribution in [0.3, 0.4) is 0 Å². The Labute approximate surface area is 109 Å². The zero-order valence-corrected chi connectivity index (χ0v) is 11.4. The molecule has 2 aromatic rings. The summed E-state index contributed by atoms with van der Waals surface area (Å²) in [5.74, 6) is 1.20. The second-order valence-corrected chi connectivity index (χ2v) is 4.47. The number of benzene rings is 1. The lowest BCUT2D eigenvalue weighted by Gasteiger charge is -2.08. The van der Waals surface area contributed by atoms with Crippen LogP contribution in [0.4, 0.5) is 0 Å². The molecule has 0 aliphatic heterocycles. The molecule has 0 N–H and O–H groups in total. The summed E-state index contributed by atoms with van der Waals surface area (Å²) in [5, 5.41) is 0. The molecular formula is C15H22N2O. The summed E-state index contributed by atoms with van der Waals surface area (Å²) in [6.45, 7) is 6.86. The number of rotatable bonds is 7. The molecule has 0 unspecified atom stereocenters. The van der Waals surface area contributed by atoms with Crippen LogP contribution in [-0.4, -0.2) is 22.8 Å². The highest BCUT2D eigenvalue weighted by Gasteiger charge is 2.08. The van der Waals surface area contributed by atoms with Crippen molar-refractivity contribution < 1.29 is 4.74 Å². The van der Waals surface area contributed by atoms with Gasteiger partial charge in [0.15, 0.2) is 0 Å². The van der Waals surface area contributed by atoms with Crippen LogP contribution in [0.25, 0.3) is 11.0 Å². The summed E-state index contributed by atoms with van der Waals surface area (Å²) in [5.41, 5.74) is 2.36. The summed E-state index contributed by atoms with van der Waals surface area (Å²) in [4.78, 5) is 4.72. The third-order valence-electron chi connectivity index (χ3n) is 3.08. The van der Waals surface area contributed by atoms with Crippen molar-refractivity contribution in [2.45, 2.75) is 39.7 Å². The van der Waals surface area contributed by atoms with Gasteiger partial charge in [0.2, 0.25) is 0 Å². The van der Waals surface area contributed by atoms with Crippen LogP contribution in [0, 0.1) is 0 Å².